The van der Waals surface area contributed by atoms with E-state index < -0.39 is 5.60 Å². The molecule has 1 amide bonds. The first-order valence-electron chi connectivity index (χ1n) is 8.85. The molecule has 1 aliphatic rings. The Morgan fingerprint density at radius 3 is 2.64 bits per heavy atom. The Morgan fingerprint density at radius 1 is 1.28 bits per heavy atom. The van der Waals surface area contributed by atoms with Crippen molar-refractivity contribution in [1.82, 2.24) is 14.5 Å². The van der Waals surface area contributed by atoms with E-state index in [1.165, 1.54) is 10.9 Å². The molecule has 1 aromatic heterocycles. The number of hydrogen-bond acceptors (Lipinski definition) is 4. The number of para-hydroxylation sites is 1. The third kappa shape index (κ3) is 3.58. The summed E-state index contributed by atoms with van der Waals surface area (Å²) in [6, 6.07) is 7.21. The van der Waals surface area contributed by atoms with Gasteiger partial charge in [0.15, 0.2) is 0 Å². The van der Waals surface area contributed by atoms with E-state index in [0.717, 1.165) is 0 Å². The van der Waals surface area contributed by atoms with E-state index in [2.05, 4.69) is 4.98 Å². The number of aryl methyl sites for hydroxylation is 1. The average molecular weight is 343 g/mol. The number of carbonyl (C=O) groups is 1. The van der Waals surface area contributed by atoms with E-state index in [9.17, 15) is 14.7 Å². The third-order valence-electron chi connectivity index (χ3n) is 5.35. The molecule has 2 aromatic rings. The van der Waals surface area contributed by atoms with Crippen molar-refractivity contribution in [3.05, 3.63) is 40.9 Å². The monoisotopic (exact) mass is 343 g/mol. The number of amides is 1. The molecule has 0 saturated carbocycles. The summed E-state index contributed by atoms with van der Waals surface area (Å²) in [5.41, 5.74) is -0.124. The lowest BCUT2D eigenvalue weighted by atomic mass is 9.81. The topological polar surface area (TPSA) is 75.4 Å². The van der Waals surface area contributed by atoms with Crippen LogP contribution in [0.25, 0.3) is 10.9 Å². The van der Waals surface area contributed by atoms with Crippen LogP contribution in [0.3, 0.4) is 0 Å². The number of piperidine rings is 1. The van der Waals surface area contributed by atoms with Crippen molar-refractivity contribution in [2.45, 2.75) is 45.3 Å². The molecule has 2 heterocycles. The number of nitrogens with zero attached hydrogens (tertiary/aromatic N) is 3. The molecule has 6 heteroatoms. The molecule has 3 rings (SSSR count). The molecule has 1 N–H and O–H groups in total. The second-order valence-electron chi connectivity index (χ2n) is 7.15. The van der Waals surface area contributed by atoms with Crippen LogP contribution in [-0.4, -0.2) is 44.2 Å². The molecule has 1 saturated heterocycles. The first-order chi connectivity index (χ1) is 11.9. The van der Waals surface area contributed by atoms with Crippen LogP contribution in [0.2, 0.25) is 0 Å². The van der Waals surface area contributed by atoms with Crippen LogP contribution < -0.4 is 5.56 Å². The highest BCUT2D eigenvalue weighted by Gasteiger charge is 2.36. The van der Waals surface area contributed by atoms with Gasteiger partial charge in [-0.1, -0.05) is 26.0 Å². The van der Waals surface area contributed by atoms with E-state index in [0.29, 0.717) is 43.4 Å². The van der Waals surface area contributed by atoms with Gasteiger partial charge in [-0.25, -0.2) is 4.98 Å². The van der Waals surface area contributed by atoms with Gasteiger partial charge in [-0.15, -0.1) is 0 Å². The molecule has 1 aromatic carbocycles. The summed E-state index contributed by atoms with van der Waals surface area (Å²) < 4.78 is 1.49. The normalized spacial score (nSPS) is 17.2. The average Bonchev–Trinajstić information content (AvgIpc) is 2.61. The number of likely N-dealkylation sites (tertiary alicyclic amines) is 1. The predicted molar refractivity (Wildman–Crippen MR) is 96.2 cm³/mol. The van der Waals surface area contributed by atoms with Crippen LogP contribution in [0.4, 0.5) is 0 Å². The first kappa shape index (κ1) is 17.6. The maximum absolute atomic E-state index is 12.4. The quantitative estimate of drug-likeness (QED) is 0.918. The van der Waals surface area contributed by atoms with E-state index >= 15 is 0 Å². The van der Waals surface area contributed by atoms with Crippen LogP contribution in [-0.2, 0) is 11.3 Å². The fourth-order valence-corrected chi connectivity index (χ4v) is 3.36. The molecular weight excluding hydrogens is 318 g/mol. The lowest BCUT2D eigenvalue weighted by Gasteiger charge is -2.40. The van der Waals surface area contributed by atoms with E-state index in [4.69, 9.17) is 0 Å². The highest BCUT2D eigenvalue weighted by Crippen LogP contribution is 2.29. The van der Waals surface area contributed by atoms with Gasteiger partial charge in [-0.05, 0) is 30.9 Å². The summed E-state index contributed by atoms with van der Waals surface area (Å²) >= 11 is 0. The van der Waals surface area contributed by atoms with Gasteiger partial charge < -0.3 is 10.0 Å². The Hall–Kier alpha value is -2.21. The van der Waals surface area contributed by atoms with Gasteiger partial charge >= 0.3 is 0 Å². The summed E-state index contributed by atoms with van der Waals surface area (Å²) in [7, 11) is 0. The van der Waals surface area contributed by atoms with Crippen molar-refractivity contribution in [2.24, 2.45) is 5.92 Å². The lowest BCUT2D eigenvalue weighted by Crippen LogP contribution is -2.49. The van der Waals surface area contributed by atoms with Crippen molar-refractivity contribution in [3.63, 3.8) is 0 Å². The molecule has 6 nitrogen and oxygen atoms in total. The van der Waals surface area contributed by atoms with E-state index in [-0.39, 0.29) is 23.8 Å². The van der Waals surface area contributed by atoms with Gasteiger partial charge in [0.2, 0.25) is 5.91 Å². The van der Waals surface area contributed by atoms with Crippen LogP contribution in [0.1, 0.15) is 33.1 Å². The molecule has 0 aliphatic carbocycles. The zero-order valence-corrected chi connectivity index (χ0v) is 14.8. The standard InChI is InChI=1S/C19H25N3O3/c1-14(2)19(25)8-11-21(12-9-19)17(23)7-10-22-13-20-16-6-4-3-5-15(16)18(22)24/h3-6,13-14,25H,7-12H2,1-2H3. The fraction of sp³-hybridized carbons (Fsp3) is 0.526. The molecule has 134 valence electrons. The number of aromatic nitrogens is 2. The van der Waals surface area contributed by atoms with E-state index in [1.807, 2.05) is 26.0 Å². The van der Waals surface area contributed by atoms with Gasteiger partial charge in [0.05, 0.1) is 22.8 Å². The SMILES string of the molecule is CC(C)C1(O)CCN(C(=O)CCn2cnc3ccccc3c2=O)CC1. The highest BCUT2D eigenvalue weighted by atomic mass is 16.3. The number of carbonyl (C=O) groups excluding carboxylic acids is 1. The van der Waals surface area contributed by atoms with Crippen molar-refractivity contribution < 1.29 is 9.90 Å². The summed E-state index contributed by atoms with van der Waals surface area (Å²) in [5.74, 6) is 0.206. The summed E-state index contributed by atoms with van der Waals surface area (Å²) in [6.45, 7) is 5.48. The van der Waals surface area contributed by atoms with Crippen molar-refractivity contribution in [3.8, 4) is 0 Å². The van der Waals surface area contributed by atoms with E-state index in [1.54, 1.807) is 17.0 Å². The molecule has 0 bridgehead atoms. The minimum atomic E-state index is -0.671. The summed E-state index contributed by atoms with van der Waals surface area (Å²) in [4.78, 5) is 30.9. The third-order valence-corrected chi connectivity index (χ3v) is 5.35. The van der Waals surface area contributed by atoms with Crippen LogP contribution >= 0.6 is 0 Å². The van der Waals surface area contributed by atoms with Gasteiger partial charge in [-0.3, -0.25) is 14.2 Å². The molecule has 0 radical (unpaired) electrons. The summed E-state index contributed by atoms with van der Waals surface area (Å²) in [6.07, 6.45) is 2.98. The van der Waals surface area contributed by atoms with Gasteiger partial charge in [0.25, 0.3) is 5.56 Å². The largest absolute Gasteiger partial charge is 0.389 e. The molecule has 0 atom stereocenters. The maximum atomic E-state index is 12.4. The number of rotatable bonds is 4. The second-order valence-corrected chi connectivity index (χ2v) is 7.15. The lowest BCUT2D eigenvalue weighted by molar-refractivity contribution is -0.137. The zero-order valence-electron chi connectivity index (χ0n) is 14.8. The van der Waals surface area contributed by atoms with Crippen LogP contribution in [0.5, 0.6) is 0 Å². The van der Waals surface area contributed by atoms with Crippen LogP contribution in [0, 0.1) is 5.92 Å². The number of hydrogen-bond donors (Lipinski definition) is 1. The maximum Gasteiger partial charge on any atom is 0.261 e. The molecule has 1 aliphatic heterocycles. The summed E-state index contributed by atoms with van der Waals surface area (Å²) in [5, 5.41) is 11.1. The van der Waals surface area contributed by atoms with Crippen molar-refractivity contribution >= 4 is 16.8 Å². The number of aliphatic hydroxyl groups is 1. The first-order valence-corrected chi connectivity index (χ1v) is 8.85. The van der Waals surface area contributed by atoms with Gasteiger partial charge in [0, 0.05) is 26.1 Å². The molecule has 1 fully saturated rings. The highest BCUT2D eigenvalue weighted by molar-refractivity contribution is 5.77. The van der Waals surface area contributed by atoms with Crippen LogP contribution in [0.15, 0.2) is 35.4 Å². The molecule has 0 unspecified atom stereocenters. The molecule has 25 heavy (non-hydrogen) atoms. The fourth-order valence-electron chi connectivity index (χ4n) is 3.36. The Bertz CT molecular complexity index is 820. The Labute approximate surface area is 147 Å². The predicted octanol–water partition coefficient (Wildman–Crippen LogP) is 1.80. The second kappa shape index (κ2) is 6.96. The van der Waals surface area contributed by atoms with Crippen molar-refractivity contribution in [2.75, 3.05) is 13.1 Å². The smallest absolute Gasteiger partial charge is 0.261 e. The molecule has 0 spiro atoms. The Kier molecular flexibility index (Phi) is 4.90. The number of benzene rings is 1. The zero-order chi connectivity index (χ0) is 18.0. The van der Waals surface area contributed by atoms with Gasteiger partial charge in [-0.2, -0.15) is 0 Å². The Morgan fingerprint density at radius 2 is 1.96 bits per heavy atom. The minimum absolute atomic E-state index is 0.0193. The van der Waals surface area contributed by atoms with Crippen molar-refractivity contribution in [1.29, 1.82) is 0 Å². The number of fused-ring (bicyclic) bond motifs is 1. The minimum Gasteiger partial charge on any atom is -0.389 e. The van der Waals surface area contributed by atoms with Gasteiger partial charge in [0.1, 0.15) is 0 Å². The molecular formula is C19H25N3O3. The Balaban J connectivity index is 1.62.